The highest BCUT2D eigenvalue weighted by atomic mass is 127. The highest BCUT2D eigenvalue weighted by Gasteiger charge is 2.18. The number of benzene rings is 1. The van der Waals surface area contributed by atoms with Gasteiger partial charge in [0.1, 0.15) is 10.7 Å². The fraction of sp³-hybridized carbons (Fsp3) is 0.0667. The summed E-state index contributed by atoms with van der Waals surface area (Å²) in [5.74, 6) is 0.241. The molecule has 0 spiro atoms. The largest absolute Gasteiger partial charge is 0.306 e. The van der Waals surface area contributed by atoms with Crippen LogP contribution in [0, 0.1) is 10.5 Å². The molecule has 0 aliphatic carbocycles. The topological polar surface area (TPSA) is 42.0 Å². The van der Waals surface area contributed by atoms with Gasteiger partial charge >= 0.3 is 0 Å². The number of fused-ring (bicyclic) bond motifs is 1. The molecule has 0 aliphatic heterocycles. The van der Waals surface area contributed by atoms with E-state index in [-0.39, 0.29) is 5.91 Å². The van der Waals surface area contributed by atoms with Crippen molar-refractivity contribution in [3.63, 3.8) is 0 Å². The van der Waals surface area contributed by atoms with Gasteiger partial charge in [0.25, 0.3) is 5.91 Å². The molecule has 1 aromatic carbocycles. The molecule has 7 heteroatoms. The summed E-state index contributed by atoms with van der Waals surface area (Å²) in [6.45, 7) is 1.89. The van der Waals surface area contributed by atoms with Gasteiger partial charge in [-0.25, -0.2) is 4.98 Å². The minimum absolute atomic E-state index is 0.268. The van der Waals surface area contributed by atoms with Crippen molar-refractivity contribution in [1.82, 2.24) is 4.98 Å². The predicted molar refractivity (Wildman–Crippen MR) is 101 cm³/mol. The standard InChI is InChI=1S/C15H9Cl2IN2OS/c1-7-10(18)4-5-12(19-7)20-15(21)14-13(17)9-3-2-8(16)6-11(9)22-14/h2-6H,1H3,(H,19,20,21). The molecule has 3 nitrogen and oxygen atoms in total. The van der Waals surface area contributed by atoms with E-state index in [4.69, 9.17) is 23.2 Å². The number of nitrogens with one attached hydrogen (secondary N) is 1. The fourth-order valence-corrected chi connectivity index (χ4v) is 3.96. The smallest absolute Gasteiger partial charge is 0.268 e. The molecule has 0 radical (unpaired) electrons. The van der Waals surface area contributed by atoms with Crippen molar-refractivity contribution in [3.05, 3.63) is 54.5 Å². The van der Waals surface area contributed by atoms with E-state index in [0.717, 1.165) is 19.4 Å². The van der Waals surface area contributed by atoms with Crippen LogP contribution in [0.15, 0.2) is 30.3 Å². The summed E-state index contributed by atoms with van der Waals surface area (Å²) in [6.07, 6.45) is 0. The molecule has 0 unspecified atom stereocenters. The second kappa shape index (κ2) is 6.31. The van der Waals surface area contributed by atoms with Crippen LogP contribution < -0.4 is 5.32 Å². The van der Waals surface area contributed by atoms with Gasteiger partial charge in [0, 0.05) is 18.7 Å². The van der Waals surface area contributed by atoms with E-state index in [1.54, 1.807) is 18.2 Å². The second-order valence-corrected chi connectivity index (χ2v) is 7.63. The first kappa shape index (κ1) is 16.0. The Morgan fingerprint density at radius 3 is 2.77 bits per heavy atom. The lowest BCUT2D eigenvalue weighted by atomic mass is 10.2. The highest BCUT2D eigenvalue weighted by Crippen LogP contribution is 2.37. The molecule has 0 bridgehead atoms. The number of thiophene rings is 1. The zero-order chi connectivity index (χ0) is 15.9. The molecule has 0 fully saturated rings. The Bertz CT molecular complexity index is 895. The number of carbonyl (C=O) groups excluding carboxylic acids is 1. The maximum atomic E-state index is 12.4. The normalized spacial score (nSPS) is 10.9. The Balaban J connectivity index is 1.94. The lowest BCUT2D eigenvalue weighted by Gasteiger charge is -2.05. The Morgan fingerprint density at radius 1 is 1.27 bits per heavy atom. The van der Waals surface area contributed by atoms with Crippen LogP contribution in [-0.4, -0.2) is 10.9 Å². The number of aromatic nitrogens is 1. The van der Waals surface area contributed by atoms with Gasteiger partial charge in [0.2, 0.25) is 0 Å². The Hall–Kier alpha value is -0.890. The molecule has 2 heterocycles. The maximum absolute atomic E-state index is 12.4. The number of hydrogen-bond acceptors (Lipinski definition) is 3. The third kappa shape index (κ3) is 3.08. The Morgan fingerprint density at radius 2 is 2.05 bits per heavy atom. The van der Waals surface area contributed by atoms with Crippen molar-refractivity contribution < 1.29 is 4.79 Å². The van der Waals surface area contributed by atoms with Crippen molar-refractivity contribution in [2.45, 2.75) is 6.92 Å². The zero-order valence-electron chi connectivity index (χ0n) is 11.3. The number of amides is 1. The molecule has 0 saturated heterocycles. The zero-order valence-corrected chi connectivity index (χ0v) is 15.8. The lowest BCUT2D eigenvalue weighted by Crippen LogP contribution is -2.12. The molecule has 1 N–H and O–H groups in total. The van der Waals surface area contributed by atoms with E-state index < -0.39 is 0 Å². The second-order valence-electron chi connectivity index (χ2n) is 4.60. The number of halogens is 3. The van der Waals surface area contributed by atoms with Crippen LogP contribution in [0.1, 0.15) is 15.4 Å². The van der Waals surface area contributed by atoms with Gasteiger partial charge in [-0.2, -0.15) is 0 Å². The molecular formula is C15H9Cl2IN2OS. The van der Waals surface area contributed by atoms with E-state index in [2.05, 4.69) is 32.9 Å². The van der Waals surface area contributed by atoms with Crippen molar-refractivity contribution in [2.24, 2.45) is 0 Å². The average Bonchev–Trinajstić information content (AvgIpc) is 2.79. The number of hydrogen-bond donors (Lipinski definition) is 1. The monoisotopic (exact) mass is 462 g/mol. The fourth-order valence-electron chi connectivity index (χ4n) is 1.97. The number of anilines is 1. The summed E-state index contributed by atoms with van der Waals surface area (Å²) in [7, 11) is 0. The highest BCUT2D eigenvalue weighted by molar-refractivity contribution is 14.1. The van der Waals surface area contributed by atoms with Crippen molar-refractivity contribution in [2.75, 3.05) is 5.32 Å². The van der Waals surface area contributed by atoms with Crippen LogP contribution in [0.3, 0.4) is 0 Å². The first-order valence-electron chi connectivity index (χ1n) is 6.28. The predicted octanol–water partition coefficient (Wildman–Crippen LogP) is 5.77. The SMILES string of the molecule is Cc1nc(NC(=O)c2sc3cc(Cl)ccc3c2Cl)ccc1I. The molecular weight excluding hydrogens is 454 g/mol. The van der Waals surface area contributed by atoms with Gasteiger partial charge in [-0.1, -0.05) is 29.3 Å². The van der Waals surface area contributed by atoms with Crippen molar-refractivity contribution in [1.29, 1.82) is 0 Å². The molecule has 0 atom stereocenters. The van der Waals surface area contributed by atoms with Gasteiger partial charge in [0.15, 0.2) is 0 Å². The van der Waals surface area contributed by atoms with Crippen LogP contribution in [0.5, 0.6) is 0 Å². The van der Waals surface area contributed by atoms with Crippen LogP contribution in [0.2, 0.25) is 10.0 Å². The van der Waals surface area contributed by atoms with Crippen LogP contribution in [-0.2, 0) is 0 Å². The van der Waals surface area contributed by atoms with Gasteiger partial charge in [-0.05, 0) is 53.8 Å². The van der Waals surface area contributed by atoms with Crippen LogP contribution in [0.4, 0.5) is 5.82 Å². The number of nitrogens with zero attached hydrogens (tertiary/aromatic N) is 1. The summed E-state index contributed by atoms with van der Waals surface area (Å²) >= 11 is 15.8. The Kier molecular flexibility index (Phi) is 4.59. The quantitative estimate of drug-likeness (QED) is 0.491. The summed E-state index contributed by atoms with van der Waals surface area (Å²) in [5.41, 5.74) is 0.868. The van der Waals surface area contributed by atoms with Crippen LogP contribution in [0.25, 0.3) is 10.1 Å². The first-order valence-corrected chi connectivity index (χ1v) is 8.93. The average molecular weight is 463 g/mol. The van der Waals surface area contributed by atoms with Crippen molar-refractivity contribution in [3.8, 4) is 0 Å². The molecule has 22 heavy (non-hydrogen) atoms. The van der Waals surface area contributed by atoms with Gasteiger partial charge < -0.3 is 5.32 Å². The molecule has 2 aromatic heterocycles. The summed E-state index contributed by atoms with van der Waals surface area (Å²) in [6, 6.07) is 9.06. The van der Waals surface area contributed by atoms with Gasteiger partial charge in [-0.15, -0.1) is 11.3 Å². The minimum atomic E-state index is -0.268. The summed E-state index contributed by atoms with van der Waals surface area (Å²) in [4.78, 5) is 17.2. The van der Waals surface area contributed by atoms with Gasteiger partial charge in [-0.3, -0.25) is 4.79 Å². The molecule has 3 rings (SSSR count). The van der Waals surface area contributed by atoms with E-state index in [1.165, 1.54) is 11.3 Å². The lowest BCUT2D eigenvalue weighted by molar-refractivity contribution is 0.103. The number of carbonyl (C=O) groups is 1. The molecule has 0 saturated carbocycles. The summed E-state index contributed by atoms with van der Waals surface area (Å²) in [5, 5.41) is 4.67. The van der Waals surface area contributed by atoms with Crippen molar-refractivity contribution >= 4 is 78.9 Å². The number of rotatable bonds is 2. The maximum Gasteiger partial charge on any atom is 0.268 e. The van der Waals surface area contributed by atoms with E-state index in [9.17, 15) is 4.79 Å². The minimum Gasteiger partial charge on any atom is -0.306 e. The van der Waals surface area contributed by atoms with E-state index >= 15 is 0 Å². The summed E-state index contributed by atoms with van der Waals surface area (Å²) < 4.78 is 1.93. The third-order valence-corrected chi connectivity index (χ3v) is 6.09. The molecule has 112 valence electrons. The van der Waals surface area contributed by atoms with Crippen LogP contribution >= 0.6 is 57.1 Å². The molecule has 1 amide bonds. The number of pyridine rings is 1. The third-order valence-electron chi connectivity index (χ3n) is 3.06. The van der Waals surface area contributed by atoms with Gasteiger partial charge in [0.05, 0.1) is 10.7 Å². The number of aryl methyl sites for hydroxylation is 1. The first-order chi connectivity index (χ1) is 10.5. The van der Waals surface area contributed by atoms with E-state index in [0.29, 0.717) is 20.7 Å². The Labute approximate surface area is 154 Å². The molecule has 3 aromatic rings. The molecule has 0 aliphatic rings. The van der Waals surface area contributed by atoms with E-state index in [1.807, 2.05) is 19.1 Å².